The Kier molecular flexibility index (Phi) is 23.5. The SMILES string of the molecule is Brc1ccc(-c2ccc3c(c2)c2c4sc5ccccc5c4ccc2n3-c2ccccc2)cc1.Brc1ccc2c(c1)c1c3sc4ccccc4c3ccc1n2-c1ccccc1.CC1(C)c2ccccc2-c2ccc(N(c3ccc(-c4ccccc4)cc3)c3ccc(-c4ccc5c(c4)c4c6sc7ccccc7c6ccc4n5-c4ccccc4)cc3)cc21.I.OB(O)c1ccc2c(c1)c1c3sc4ccccc4c3ccc1n2-c1ccccc1.[2HH].[HH]. The summed E-state index contributed by atoms with van der Waals surface area (Å²) in [5.74, 6) is 0. The van der Waals surface area contributed by atoms with E-state index in [1.54, 1.807) is 17.4 Å². The summed E-state index contributed by atoms with van der Waals surface area (Å²) >= 11 is 14.7. The molecule has 30 aromatic rings. The largest absolute Gasteiger partial charge is 0.488 e. The minimum atomic E-state index is -1.49. The Hall–Kier alpha value is -15.6. The molecule has 1 aliphatic rings. The first-order valence-electron chi connectivity index (χ1n) is 50.2. The molecular weight excluding hydrogens is 2150 g/mol. The highest BCUT2D eigenvalue weighted by Gasteiger charge is 2.37. The Bertz CT molecular complexity index is 10600. The van der Waals surface area contributed by atoms with Gasteiger partial charge in [-0.3, -0.25) is 0 Å². The molecule has 718 valence electrons. The molecule has 0 fully saturated rings. The lowest BCUT2D eigenvalue weighted by atomic mass is 9.80. The van der Waals surface area contributed by atoms with Crippen LogP contribution in [0.2, 0.25) is 0 Å². The Balaban J connectivity index is 0.000000110. The fraction of sp³-hybridized carbons (Fsp3) is 0.0222. The number of hydrogen-bond donors (Lipinski definition) is 2. The van der Waals surface area contributed by atoms with E-state index in [0.717, 1.165) is 53.5 Å². The van der Waals surface area contributed by atoms with Crippen LogP contribution in [0.15, 0.2) is 494 Å². The van der Waals surface area contributed by atoms with E-state index in [1.807, 2.05) is 64.3 Å². The van der Waals surface area contributed by atoms with Gasteiger partial charge in [-0.25, -0.2) is 0 Å². The van der Waals surface area contributed by atoms with Gasteiger partial charge in [0.15, 0.2) is 0 Å². The fourth-order valence-corrected chi connectivity index (χ4v) is 28.9. The van der Waals surface area contributed by atoms with Crippen molar-refractivity contribution in [1.29, 1.82) is 0 Å². The van der Waals surface area contributed by atoms with Crippen LogP contribution < -0.4 is 10.4 Å². The molecule has 150 heavy (non-hydrogen) atoms. The van der Waals surface area contributed by atoms with Crippen LogP contribution in [0, 0.1) is 0 Å². The molecule has 31 rings (SSSR count). The van der Waals surface area contributed by atoms with Gasteiger partial charge in [-0.05, 0) is 255 Å². The summed E-state index contributed by atoms with van der Waals surface area (Å²) in [6.45, 7) is 4.71. The molecule has 22 aromatic carbocycles. The van der Waals surface area contributed by atoms with Gasteiger partial charge in [0.05, 0.1) is 44.1 Å². The van der Waals surface area contributed by atoms with Crippen LogP contribution in [-0.4, -0.2) is 35.4 Å². The Morgan fingerprint density at radius 1 is 0.240 bits per heavy atom. The number of thiophene rings is 4. The third kappa shape index (κ3) is 15.6. The number of fused-ring (bicyclic) bond motifs is 31. The van der Waals surface area contributed by atoms with E-state index < -0.39 is 7.12 Å². The third-order valence-corrected chi connectivity index (χ3v) is 36.0. The molecule has 0 aliphatic heterocycles. The van der Waals surface area contributed by atoms with Gasteiger partial charge in [-0.15, -0.1) is 69.3 Å². The molecule has 0 saturated carbocycles. The minimum absolute atomic E-state index is 0. The van der Waals surface area contributed by atoms with Crippen molar-refractivity contribution in [3.63, 3.8) is 0 Å². The molecule has 0 bridgehead atoms. The topological polar surface area (TPSA) is 63.4 Å². The molecule has 0 unspecified atom stereocenters. The second kappa shape index (κ2) is 37.9. The van der Waals surface area contributed by atoms with Gasteiger partial charge in [0.25, 0.3) is 0 Å². The predicted molar refractivity (Wildman–Crippen MR) is 668 cm³/mol. The van der Waals surface area contributed by atoms with Crippen molar-refractivity contribution in [2.75, 3.05) is 4.90 Å². The predicted octanol–water partition coefficient (Wildman–Crippen LogP) is 39.7. The van der Waals surface area contributed by atoms with E-state index in [0.29, 0.717) is 5.46 Å². The normalized spacial score (nSPS) is 12.2. The molecule has 0 amide bonds. The second-order valence-corrected chi connectivity index (χ2v) is 44.9. The zero-order valence-corrected chi connectivity index (χ0v) is 90.0. The lowest BCUT2D eigenvalue weighted by Gasteiger charge is -2.28. The number of aromatic nitrogens is 4. The highest BCUT2D eigenvalue weighted by Crippen LogP contribution is 2.54. The Morgan fingerprint density at radius 2 is 0.527 bits per heavy atom. The Labute approximate surface area is 918 Å². The van der Waals surface area contributed by atoms with Crippen molar-refractivity contribution in [2.24, 2.45) is 0 Å². The molecule has 1 aliphatic carbocycles. The summed E-state index contributed by atoms with van der Waals surface area (Å²) in [6, 6.07) is 175. The van der Waals surface area contributed by atoms with Crippen LogP contribution in [0.3, 0.4) is 0 Å². The summed E-state index contributed by atoms with van der Waals surface area (Å²) in [7, 11) is -1.49. The van der Waals surface area contributed by atoms with Gasteiger partial charge in [0, 0.05) is 181 Å². The van der Waals surface area contributed by atoms with Gasteiger partial charge in [-0.1, -0.05) is 337 Å². The average Bonchev–Trinajstić information content (AvgIpc) is 1.57. The third-order valence-electron chi connectivity index (χ3n) is 30.1. The number of rotatable bonds is 11. The Morgan fingerprint density at radius 3 is 0.920 bits per heavy atom. The first-order valence-corrected chi connectivity index (χ1v) is 55.0. The van der Waals surface area contributed by atoms with E-state index in [1.165, 1.54) is 219 Å². The fourth-order valence-electron chi connectivity index (χ4n) is 23.2. The van der Waals surface area contributed by atoms with Crippen molar-refractivity contribution >= 4 is 299 Å². The van der Waals surface area contributed by atoms with E-state index in [-0.39, 0.29) is 32.2 Å². The molecule has 0 atom stereocenters. The first kappa shape index (κ1) is 93.0. The molecule has 0 spiro atoms. The van der Waals surface area contributed by atoms with Crippen LogP contribution in [0.1, 0.15) is 27.8 Å². The van der Waals surface area contributed by atoms with Gasteiger partial charge < -0.3 is 33.2 Å². The zero-order valence-electron chi connectivity index (χ0n) is 81.2. The number of halogens is 3. The van der Waals surface area contributed by atoms with E-state index >= 15 is 0 Å². The molecule has 8 aromatic heterocycles. The summed E-state index contributed by atoms with van der Waals surface area (Å²) in [6.07, 6.45) is 0. The van der Waals surface area contributed by atoms with Gasteiger partial charge >= 0.3 is 7.12 Å². The number of benzene rings is 22. The van der Waals surface area contributed by atoms with E-state index in [2.05, 4.69) is 518 Å². The van der Waals surface area contributed by atoms with Crippen LogP contribution >= 0.6 is 101 Å². The first-order chi connectivity index (χ1) is 73.3. The molecular formula is C135H93BBr2IN5O2S4. The highest BCUT2D eigenvalue weighted by molar-refractivity contribution is 14.0. The van der Waals surface area contributed by atoms with E-state index in [4.69, 9.17) is 0 Å². The van der Waals surface area contributed by atoms with E-state index in [9.17, 15) is 10.0 Å². The molecule has 7 nitrogen and oxygen atoms in total. The van der Waals surface area contributed by atoms with Crippen molar-refractivity contribution < 1.29 is 12.9 Å². The zero-order chi connectivity index (χ0) is 99.4. The van der Waals surface area contributed by atoms with Crippen LogP contribution in [0.5, 0.6) is 0 Å². The molecule has 2 N–H and O–H groups in total. The number of hydrogen-bond acceptors (Lipinski definition) is 7. The lowest BCUT2D eigenvalue weighted by molar-refractivity contribution is 0.426. The molecule has 0 radical (unpaired) electrons. The van der Waals surface area contributed by atoms with Crippen molar-refractivity contribution in [2.45, 2.75) is 19.3 Å². The van der Waals surface area contributed by atoms with Crippen LogP contribution in [0.25, 0.3) is 235 Å². The quantitative estimate of drug-likeness (QED) is 0.100. The minimum Gasteiger partial charge on any atom is -0.423 e. The van der Waals surface area contributed by atoms with Crippen molar-refractivity contribution in [1.82, 2.24) is 18.3 Å². The summed E-state index contributed by atoms with van der Waals surface area (Å²) in [4.78, 5) is 2.41. The van der Waals surface area contributed by atoms with Gasteiger partial charge in [-0.2, -0.15) is 0 Å². The molecule has 15 heteroatoms. The van der Waals surface area contributed by atoms with Gasteiger partial charge in [0.1, 0.15) is 0 Å². The number of anilines is 3. The summed E-state index contributed by atoms with van der Waals surface area (Å²) in [5, 5.41) is 40.1. The smallest absolute Gasteiger partial charge is 0.423 e. The second-order valence-electron chi connectivity index (χ2n) is 38.9. The maximum Gasteiger partial charge on any atom is 0.488 e. The van der Waals surface area contributed by atoms with Crippen LogP contribution in [0.4, 0.5) is 17.1 Å². The lowest BCUT2D eigenvalue weighted by Crippen LogP contribution is -2.29. The monoisotopic (exact) mass is 2240 g/mol. The molecule has 8 heterocycles. The maximum atomic E-state index is 9.76. The molecule has 0 saturated heterocycles. The van der Waals surface area contributed by atoms with Crippen LogP contribution in [-0.2, 0) is 5.41 Å². The number of nitrogens with zero attached hydrogens (tertiary/aromatic N) is 5. The summed E-state index contributed by atoms with van der Waals surface area (Å²) in [5.41, 5.74) is 30.7. The summed E-state index contributed by atoms with van der Waals surface area (Å²) < 4.78 is 22.2. The van der Waals surface area contributed by atoms with Crippen molar-refractivity contribution in [3.05, 3.63) is 505 Å². The standard InChI is InChI=1S/C57H40N2S.C30H18BrNS.C24H16BNO2S.C24H14BrNS.HI.2H2/c1-57(2)50-19-11-9-17-45(50)46-31-30-44(36-51(46)57)58(42-26-21-38(22-27-42)37-13-5-3-6-14-37)43-28-23-39(24-29-43)40-25-33-52-49(35-40)55-53(59(52)41-15-7-4-8-16-41)34-32-48-47-18-10-12-20-54(47)60-56(48)55;31-21-13-10-19(11-14-21)20-12-16-26-25(18-20)29-27(32(26)22-6-2-1-3-7-22)17-15-24-23-8-4-5-9-28(23)33-30(24)29;27-25(28)15-10-12-20-19(14-15)23-21(26(20)16-6-2-1-3-7-16)13-11-18-17-8-4-5-9-22(17)29-24(18)23;25-15-10-12-20-19(14-15)23-21(26(20)16-6-2-1-3-7-16)13-11-18-17-8-4-5-9-22(17)27-24(18)23;;;/h3-36H,1-2H3;1-18H;1-14,27-28H;1-14H;3*1H/i;;;;;1+1;. The van der Waals surface area contributed by atoms with Gasteiger partial charge in [0.2, 0.25) is 0 Å². The highest BCUT2D eigenvalue weighted by atomic mass is 127. The number of para-hydroxylation sites is 4. The average molecular weight is 2240 g/mol. The maximum absolute atomic E-state index is 9.76. The van der Waals surface area contributed by atoms with Crippen molar-refractivity contribution in [3.8, 4) is 67.3 Å².